The molecule has 1 aromatic carbocycles. The SMILES string of the molecule is CNCCc1c[nH]c2cc(C(F)(F)F)ccc12. The van der Waals surface area contributed by atoms with Crippen molar-refractivity contribution in [1.29, 1.82) is 0 Å². The first-order valence-electron chi connectivity index (χ1n) is 5.34. The van der Waals surface area contributed by atoms with Crippen molar-refractivity contribution in [3.05, 3.63) is 35.5 Å². The molecule has 0 atom stereocenters. The van der Waals surface area contributed by atoms with Crippen LogP contribution in [0, 0.1) is 0 Å². The highest BCUT2D eigenvalue weighted by molar-refractivity contribution is 5.83. The van der Waals surface area contributed by atoms with Crippen LogP contribution < -0.4 is 5.32 Å². The first kappa shape index (κ1) is 12.0. The number of aromatic amines is 1. The van der Waals surface area contributed by atoms with Crippen molar-refractivity contribution in [2.75, 3.05) is 13.6 Å². The Bertz CT molecular complexity index is 514. The second kappa shape index (κ2) is 4.41. The van der Waals surface area contributed by atoms with Crippen molar-refractivity contribution in [3.63, 3.8) is 0 Å². The highest BCUT2D eigenvalue weighted by Gasteiger charge is 2.30. The maximum absolute atomic E-state index is 12.5. The zero-order chi connectivity index (χ0) is 12.5. The highest BCUT2D eigenvalue weighted by atomic mass is 19.4. The Morgan fingerprint density at radius 3 is 2.71 bits per heavy atom. The van der Waals surface area contributed by atoms with Gasteiger partial charge in [0.05, 0.1) is 5.56 Å². The summed E-state index contributed by atoms with van der Waals surface area (Å²) in [7, 11) is 1.84. The van der Waals surface area contributed by atoms with Crippen LogP contribution in [0.2, 0.25) is 0 Å². The van der Waals surface area contributed by atoms with Gasteiger partial charge in [-0.2, -0.15) is 13.2 Å². The number of rotatable bonds is 3. The molecule has 2 nitrogen and oxygen atoms in total. The summed E-state index contributed by atoms with van der Waals surface area (Å²) in [6, 6.07) is 3.80. The van der Waals surface area contributed by atoms with Crippen molar-refractivity contribution >= 4 is 10.9 Å². The molecule has 0 saturated heterocycles. The van der Waals surface area contributed by atoms with Crippen LogP contribution in [0.25, 0.3) is 10.9 Å². The third kappa shape index (κ3) is 2.44. The van der Waals surface area contributed by atoms with Crippen LogP contribution in [0.4, 0.5) is 13.2 Å². The van der Waals surface area contributed by atoms with Gasteiger partial charge in [0.1, 0.15) is 0 Å². The number of likely N-dealkylation sites (N-methyl/N-ethyl adjacent to an activating group) is 1. The van der Waals surface area contributed by atoms with E-state index in [1.54, 1.807) is 6.20 Å². The smallest absolute Gasteiger partial charge is 0.361 e. The fourth-order valence-corrected chi connectivity index (χ4v) is 1.83. The summed E-state index contributed by atoms with van der Waals surface area (Å²) in [6.45, 7) is 0.800. The molecule has 0 aliphatic rings. The lowest BCUT2D eigenvalue weighted by atomic mass is 10.1. The molecule has 0 unspecified atom stereocenters. The van der Waals surface area contributed by atoms with Crippen molar-refractivity contribution in [3.8, 4) is 0 Å². The van der Waals surface area contributed by atoms with Gasteiger partial charge in [-0.25, -0.2) is 0 Å². The van der Waals surface area contributed by atoms with Crippen molar-refractivity contribution in [1.82, 2.24) is 10.3 Å². The van der Waals surface area contributed by atoms with E-state index in [2.05, 4.69) is 10.3 Å². The van der Waals surface area contributed by atoms with Gasteiger partial charge < -0.3 is 10.3 Å². The molecule has 0 aliphatic heterocycles. The molecule has 2 aromatic rings. The third-order valence-corrected chi connectivity index (χ3v) is 2.74. The van der Waals surface area contributed by atoms with Gasteiger partial charge in [0.2, 0.25) is 0 Å². The molecule has 0 spiro atoms. The maximum atomic E-state index is 12.5. The summed E-state index contributed by atoms with van der Waals surface area (Å²) in [5, 5.41) is 3.87. The average molecular weight is 242 g/mol. The fourth-order valence-electron chi connectivity index (χ4n) is 1.83. The maximum Gasteiger partial charge on any atom is 0.416 e. The molecule has 2 N–H and O–H groups in total. The molecule has 5 heteroatoms. The Labute approximate surface area is 96.8 Å². The first-order valence-corrected chi connectivity index (χ1v) is 5.34. The fraction of sp³-hybridized carbons (Fsp3) is 0.333. The molecule has 0 aliphatic carbocycles. The van der Waals surface area contributed by atoms with E-state index in [0.717, 1.165) is 36.0 Å². The minimum atomic E-state index is -4.29. The van der Waals surface area contributed by atoms with E-state index in [4.69, 9.17) is 0 Å². The van der Waals surface area contributed by atoms with E-state index in [0.29, 0.717) is 5.52 Å². The molecule has 1 aromatic heterocycles. The number of nitrogens with one attached hydrogen (secondary N) is 2. The zero-order valence-electron chi connectivity index (χ0n) is 9.36. The summed E-state index contributed by atoms with van der Waals surface area (Å²) in [6.07, 6.45) is -1.73. The van der Waals surface area contributed by atoms with Crippen LogP contribution in [-0.2, 0) is 12.6 Å². The Hall–Kier alpha value is -1.49. The molecule has 0 radical (unpaired) electrons. The van der Waals surface area contributed by atoms with E-state index < -0.39 is 11.7 Å². The van der Waals surface area contributed by atoms with Crippen LogP contribution in [0.15, 0.2) is 24.4 Å². The van der Waals surface area contributed by atoms with E-state index >= 15 is 0 Å². The Balaban J connectivity index is 2.38. The predicted octanol–water partition coefficient (Wildman–Crippen LogP) is 2.95. The molecular weight excluding hydrogens is 229 g/mol. The predicted molar refractivity (Wildman–Crippen MR) is 60.9 cm³/mol. The lowest BCUT2D eigenvalue weighted by molar-refractivity contribution is -0.137. The van der Waals surface area contributed by atoms with Gasteiger partial charge in [-0.15, -0.1) is 0 Å². The zero-order valence-corrected chi connectivity index (χ0v) is 9.36. The highest BCUT2D eigenvalue weighted by Crippen LogP contribution is 2.31. The number of aromatic nitrogens is 1. The van der Waals surface area contributed by atoms with Gasteiger partial charge in [-0.3, -0.25) is 0 Å². The third-order valence-electron chi connectivity index (χ3n) is 2.74. The van der Waals surface area contributed by atoms with Gasteiger partial charge in [0.25, 0.3) is 0 Å². The van der Waals surface area contributed by atoms with Crippen molar-refractivity contribution in [2.45, 2.75) is 12.6 Å². The summed E-state index contributed by atoms with van der Waals surface area (Å²) in [5.74, 6) is 0. The molecule has 1 heterocycles. The van der Waals surface area contributed by atoms with Gasteiger partial charge in [-0.1, -0.05) is 6.07 Å². The Kier molecular flexibility index (Phi) is 3.11. The summed E-state index contributed by atoms with van der Waals surface area (Å²) in [5.41, 5.74) is 0.945. The van der Waals surface area contributed by atoms with Crippen molar-refractivity contribution < 1.29 is 13.2 Å². The largest absolute Gasteiger partial charge is 0.416 e. The number of halogens is 3. The molecule has 0 fully saturated rings. The van der Waals surface area contributed by atoms with Gasteiger partial charge in [0.15, 0.2) is 0 Å². The lowest BCUT2D eigenvalue weighted by Gasteiger charge is -2.06. The van der Waals surface area contributed by atoms with Crippen LogP contribution in [0.5, 0.6) is 0 Å². The minimum Gasteiger partial charge on any atom is -0.361 e. The number of alkyl halides is 3. The quantitative estimate of drug-likeness (QED) is 0.850. The van der Waals surface area contributed by atoms with E-state index in [1.165, 1.54) is 6.07 Å². The van der Waals surface area contributed by atoms with Crippen LogP contribution in [0.3, 0.4) is 0 Å². The van der Waals surface area contributed by atoms with E-state index in [-0.39, 0.29) is 0 Å². The van der Waals surface area contributed by atoms with E-state index in [9.17, 15) is 13.2 Å². The van der Waals surface area contributed by atoms with Gasteiger partial charge in [0, 0.05) is 17.1 Å². The minimum absolute atomic E-state index is 0.533. The second-order valence-electron chi connectivity index (χ2n) is 3.93. The number of hydrogen-bond donors (Lipinski definition) is 2. The topological polar surface area (TPSA) is 27.8 Å². The van der Waals surface area contributed by atoms with Crippen LogP contribution in [0.1, 0.15) is 11.1 Å². The molecular formula is C12H13F3N2. The molecule has 17 heavy (non-hydrogen) atoms. The van der Waals surface area contributed by atoms with Gasteiger partial charge >= 0.3 is 6.18 Å². The molecule has 0 saturated carbocycles. The first-order chi connectivity index (χ1) is 8.02. The lowest BCUT2D eigenvalue weighted by Crippen LogP contribution is -2.09. The normalized spacial score (nSPS) is 12.2. The molecule has 0 amide bonds. The van der Waals surface area contributed by atoms with Crippen LogP contribution in [-0.4, -0.2) is 18.6 Å². The summed E-state index contributed by atoms with van der Waals surface area (Å²) < 4.78 is 37.5. The number of H-pyrrole nitrogens is 1. The molecule has 2 rings (SSSR count). The Morgan fingerprint density at radius 2 is 2.06 bits per heavy atom. The van der Waals surface area contributed by atoms with Crippen LogP contribution >= 0.6 is 0 Å². The summed E-state index contributed by atoms with van der Waals surface area (Å²) in [4.78, 5) is 2.88. The molecule has 92 valence electrons. The number of benzene rings is 1. The average Bonchev–Trinajstić information content (AvgIpc) is 2.67. The summed E-state index contributed by atoms with van der Waals surface area (Å²) >= 11 is 0. The second-order valence-corrected chi connectivity index (χ2v) is 3.93. The van der Waals surface area contributed by atoms with Crippen molar-refractivity contribution in [2.24, 2.45) is 0 Å². The van der Waals surface area contributed by atoms with Gasteiger partial charge in [-0.05, 0) is 37.7 Å². The molecule has 0 bridgehead atoms. The van der Waals surface area contributed by atoms with E-state index in [1.807, 2.05) is 7.05 Å². The Morgan fingerprint density at radius 1 is 1.29 bits per heavy atom. The number of hydrogen-bond acceptors (Lipinski definition) is 1. The number of fused-ring (bicyclic) bond motifs is 1. The monoisotopic (exact) mass is 242 g/mol. The standard InChI is InChI=1S/C12H13F3N2/c1-16-5-4-8-7-17-11-6-9(12(13,14)15)2-3-10(8)11/h2-3,6-7,16-17H,4-5H2,1H3.